The van der Waals surface area contributed by atoms with Gasteiger partial charge < -0.3 is 19.7 Å². The van der Waals surface area contributed by atoms with E-state index in [9.17, 15) is 4.79 Å². The van der Waals surface area contributed by atoms with Gasteiger partial charge in [0.05, 0.1) is 14.2 Å². The van der Waals surface area contributed by atoms with Crippen molar-refractivity contribution in [3.05, 3.63) is 48.0 Å². The van der Waals surface area contributed by atoms with Crippen molar-refractivity contribution in [2.75, 3.05) is 37.5 Å². The summed E-state index contributed by atoms with van der Waals surface area (Å²) in [5.41, 5.74) is 2.96. The third-order valence-corrected chi connectivity index (χ3v) is 4.74. The van der Waals surface area contributed by atoms with Gasteiger partial charge in [0.25, 0.3) is 0 Å². The lowest BCUT2D eigenvalue weighted by atomic mass is 9.96. The summed E-state index contributed by atoms with van der Waals surface area (Å²) in [6.07, 6.45) is 0.375. The Morgan fingerprint density at radius 1 is 1.04 bits per heavy atom. The van der Waals surface area contributed by atoms with Crippen LogP contribution in [-0.4, -0.2) is 33.2 Å². The average Bonchev–Trinajstić information content (AvgIpc) is 2.69. The highest BCUT2D eigenvalue weighted by Crippen LogP contribution is 2.32. The molecule has 0 aliphatic heterocycles. The maximum Gasteiger partial charge on any atom is 0.224 e. The number of anilines is 2. The number of nitrogens with one attached hydrogen (secondary N) is 1. The molecule has 0 aliphatic rings. The van der Waals surface area contributed by atoms with Crippen molar-refractivity contribution in [3.8, 4) is 11.5 Å². The Morgan fingerprint density at radius 2 is 1.70 bits per heavy atom. The molecule has 0 heterocycles. The summed E-state index contributed by atoms with van der Waals surface area (Å²) < 4.78 is 10.7. The quantitative estimate of drug-likeness (QED) is 0.696. The Kier molecular flexibility index (Phi) is 7.53. The van der Waals surface area contributed by atoms with Crippen LogP contribution < -0.4 is 19.7 Å². The Morgan fingerprint density at radius 3 is 2.26 bits per heavy atom. The second kappa shape index (κ2) is 9.86. The number of methoxy groups -OCH3 is 2. The molecule has 5 nitrogen and oxygen atoms in total. The number of carbonyl (C=O) groups excluding carboxylic acids is 1. The first-order valence-electron chi connectivity index (χ1n) is 9.39. The average molecular weight is 370 g/mol. The fourth-order valence-electron chi connectivity index (χ4n) is 3.17. The summed E-state index contributed by atoms with van der Waals surface area (Å²) in [5.74, 6) is 1.48. The van der Waals surface area contributed by atoms with Crippen LogP contribution in [0.25, 0.3) is 0 Å². The predicted molar refractivity (Wildman–Crippen MR) is 111 cm³/mol. The van der Waals surface area contributed by atoms with E-state index in [2.05, 4.69) is 24.1 Å². The van der Waals surface area contributed by atoms with Crippen LogP contribution in [-0.2, 0) is 4.79 Å². The first-order chi connectivity index (χ1) is 13.0. The number of hydrogen-bond acceptors (Lipinski definition) is 4. The summed E-state index contributed by atoms with van der Waals surface area (Å²) in [5, 5.41) is 2.98. The van der Waals surface area contributed by atoms with Crippen molar-refractivity contribution < 1.29 is 14.3 Å². The number of nitrogens with zero attached hydrogens (tertiary/aromatic N) is 1. The minimum absolute atomic E-state index is 0.0176. The smallest absolute Gasteiger partial charge is 0.224 e. The second-order valence-corrected chi connectivity index (χ2v) is 6.48. The Bertz CT molecular complexity index is 740. The summed E-state index contributed by atoms with van der Waals surface area (Å²) in [6, 6.07) is 13.7. The minimum Gasteiger partial charge on any atom is -0.497 e. The van der Waals surface area contributed by atoms with Crippen LogP contribution in [0.15, 0.2) is 42.5 Å². The maximum absolute atomic E-state index is 12.5. The molecule has 0 aromatic heterocycles. The Balaban J connectivity index is 2.01. The maximum atomic E-state index is 12.5. The van der Waals surface area contributed by atoms with Crippen LogP contribution >= 0.6 is 0 Å². The van der Waals surface area contributed by atoms with Crippen molar-refractivity contribution in [2.24, 2.45) is 0 Å². The van der Waals surface area contributed by atoms with E-state index in [0.29, 0.717) is 6.42 Å². The highest BCUT2D eigenvalue weighted by molar-refractivity contribution is 5.91. The third kappa shape index (κ3) is 5.39. The van der Waals surface area contributed by atoms with E-state index in [1.807, 2.05) is 49.4 Å². The highest BCUT2D eigenvalue weighted by Gasteiger charge is 2.16. The molecule has 1 amide bonds. The van der Waals surface area contributed by atoms with Crippen LogP contribution in [0.1, 0.15) is 38.7 Å². The van der Waals surface area contributed by atoms with E-state index >= 15 is 0 Å². The molecule has 1 unspecified atom stereocenters. The molecular formula is C22H30N2O3. The predicted octanol–water partition coefficient (Wildman–Crippen LogP) is 4.68. The molecule has 2 aromatic rings. The van der Waals surface area contributed by atoms with E-state index in [1.165, 1.54) is 0 Å². The molecule has 5 heteroatoms. The van der Waals surface area contributed by atoms with Gasteiger partial charge in [-0.1, -0.05) is 13.0 Å². The number of hydrogen-bond donors (Lipinski definition) is 1. The van der Waals surface area contributed by atoms with Crippen molar-refractivity contribution in [1.82, 2.24) is 0 Å². The SMILES string of the molecule is CCN(CC)c1ccc(NC(=O)CC(C)c2ccc(OC)cc2OC)cc1. The zero-order chi connectivity index (χ0) is 19.8. The molecule has 146 valence electrons. The van der Waals surface area contributed by atoms with Gasteiger partial charge in [0.15, 0.2) is 0 Å². The Hall–Kier alpha value is -2.69. The molecule has 1 N–H and O–H groups in total. The molecule has 2 rings (SSSR count). The molecule has 27 heavy (non-hydrogen) atoms. The fourth-order valence-corrected chi connectivity index (χ4v) is 3.17. The molecule has 1 atom stereocenters. The van der Waals surface area contributed by atoms with Gasteiger partial charge in [-0.05, 0) is 55.7 Å². The normalized spacial score (nSPS) is 11.6. The summed E-state index contributed by atoms with van der Waals surface area (Å²) in [7, 11) is 3.25. The first kappa shape index (κ1) is 20.6. The van der Waals surface area contributed by atoms with Gasteiger partial charge in [-0.3, -0.25) is 4.79 Å². The zero-order valence-corrected chi connectivity index (χ0v) is 16.9. The van der Waals surface area contributed by atoms with Gasteiger partial charge in [0.2, 0.25) is 5.91 Å². The van der Waals surface area contributed by atoms with E-state index in [4.69, 9.17) is 9.47 Å². The van der Waals surface area contributed by atoms with Crippen LogP contribution in [0.5, 0.6) is 11.5 Å². The van der Waals surface area contributed by atoms with Crippen molar-refractivity contribution in [2.45, 2.75) is 33.1 Å². The van der Waals surface area contributed by atoms with Gasteiger partial charge in [-0.15, -0.1) is 0 Å². The molecule has 0 bridgehead atoms. The lowest BCUT2D eigenvalue weighted by molar-refractivity contribution is -0.116. The molecule has 0 spiro atoms. The molecule has 2 aromatic carbocycles. The van der Waals surface area contributed by atoms with E-state index < -0.39 is 0 Å². The van der Waals surface area contributed by atoms with E-state index in [0.717, 1.165) is 41.5 Å². The van der Waals surface area contributed by atoms with Crippen LogP contribution in [0.4, 0.5) is 11.4 Å². The van der Waals surface area contributed by atoms with Gasteiger partial charge >= 0.3 is 0 Å². The molecule has 0 aliphatic carbocycles. The highest BCUT2D eigenvalue weighted by atomic mass is 16.5. The second-order valence-electron chi connectivity index (χ2n) is 6.48. The monoisotopic (exact) mass is 370 g/mol. The van der Waals surface area contributed by atoms with Crippen LogP contribution in [0.3, 0.4) is 0 Å². The van der Waals surface area contributed by atoms with Crippen molar-refractivity contribution in [3.63, 3.8) is 0 Å². The zero-order valence-electron chi connectivity index (χ0n) is 16.9. The molecule has 0 fully saturated rings. The van der Waals surface area contributed by atoms with Gasteiger partial charge in [0.1, 0.15) is 11.5 Å². The number of benzene rings is 2. The van der Waals surface area contributed by atoms with Gasteiger partial charge in [-0.25, -0.2) is 0 Å². The first-order valence-corrected chi connectivity index (χ1v) is 9.39. The lowest BCUT2D eigenvalue weighted by Crippen LogP contribution is -2.21. The molecule has 0 saturated heterocycles. The van der Waals surface area contributed by atoms with Crippen molar-refractivity contribution in [1.29, 1.82) is 0 Å². The molecule has 0 saturated carbocycles. The van der Waals surface area contributed by atoms with E-state index in [-0.39, 0.29) is 11.8 Å². The summed E-state index contributed by atoms with van der Waals surface area (Å²) >= 11 is 0. The standard InChI is InChI=1S/C22H30N2O3/c1-6-24(7-2)18-10-8-17(9-11-18)23-22(25)14-16(3)20-13-12-19(26-4)15-21(20)27-5/h8-13,15-16H,6-7,14H2,1-5H3,(H,23,25). The van der Waals surface area contributed by atoms with Crippen LogP contribution in [0.2, 0.25) is 0 Å². The van der Waals surface area contributed by atoms with Gasteiger partial charge in [0, 0.05) is 37.0 Å². The minimum atomic E-state index is -0.0176. The van der Waals surface area contributed by atoms with E-state index in [1.54, 1.807) is 14.2 Å². The number of ether oxygens (including phenoxy) is 2. The fraction of sp³-hybridized carbons (Fsp3) is 0.409. The third-order valence-electron chi connectivity index (χ3n) is 4.74. The lowest BCUT2D eigenvalue weighted by Gasteiger charge is -2.21. The number of amides is 1. The molecule has 0 radical (unpaired) electrons. The number of rotatable bonds is 9. The topological polar surface area (TPSA) is 50.8 Å². The van der Waals surface area contributed by atoms with Crippen molar-refractivity contribution >= 4 is 17.3 Å². The Labute approximate surface area is 162 Å². The molecular weight excluding hydrogens is 340 g/mol. The summed E-state index contributed by atoms with van der Waals surface area (Å²) in [6.45, 7) is 8.21. The van der Waals surface area contributed by atoms with Gasteiger partial charge in [-0.2, -0.15) is 0 Å². The largest absolute Gasteiger partial charge is 0.497 e. The summed E-state index contributed by atoms with van der Waals surface area (Å²) in [4.78, 5) is 14.7. The van der Waals surface area contributed by atoms with Crippen LogP contribution in [0, 0.1) is 0 Å². The number of carbonyl (C=O) groups is 1.